The van der Waals surface area contributed by atoms with Gasteiger partial charge >= 0.3 is 11.9 Å². The molecule has 10 heteroatoms. The maximum absolute atomic E-state index is 12.8. The zero-order chi connectivity index (χ0) is 17.5. The van der Waals surface area contributed by atoms with Gasteiger partial charge in [0, 0.05) is 20.1 Å². The molecule has 130 valence electrons. The standard InChI is InChI=1S/C14H15F3N4O2S/c1-19-12(14(15,16)17)18-21(13(19)23)9-4-6-20(7-5-9)11(22)10-3-2-8-24-10/h2-3,8-9H,4-7H2,1H3. The minimum absolute atomic E-state index is 0.0900. The highest BCUT2D eigenvalue weighted by atomic mass is 32.1. The molecule has 0 aromatic carbocycles. The maximum Gasteiger partial charge on any atom is 0.451 e. The molecule has 0 bridgehead atoms. The molecule has 1 saturated heterocycles. The van der Waals surface area contributed by atoms with E-state index in [0.717, 1.165) is 11.7 Å². The van der Waals surface area contributed by atoms with Gasteiger partial charge in [-0.25, -0.2) is 9.48 Å². The van der Waals surface area contributed by atoms with Crippen molar-refractivity contribution in [3.63, 3.8) is 0 Å². The van der Waals surface area contributed by atoms with Crippen molar-refractivity contribution in [2.24, 2.45) is 7.05 Å². The van der Waals surface area contributed by atoms with E-state index >= 15 is 0 Å². The van der Waals surface area contributed by atoms with Crippen LogP contribution in [0, 0.1) is 0 Å². The molecule has 1 aliphatic rings. The molecule has 2 aromatic heterocycles. The minimum atomic E-state index is -4.67. The van der Waals surface area contributed by atoms with E-state index in [9.17, 15) is 22.8 Å². The van der Waals surface area contributed by atoms with Crippen LogP contribution in [0.15, 0.2) is 22.3 Å². The molecule has 1 amide bonds. The van der Waals surface area contributed by atoms with Crippen molar-refractivity contribution in [2.45, 2.75) is 25.1 Å². The van der Waals surface area contributed by atoms with E-state index in [1.807, 2.05) is 5.38 Å². The predicted octanol–water partition coefficient (Wildman–Crippen LogP) is 2.14. The number of carbonyl (C=O) groups is 1. The topological polar surface area (TPSA) is 60.1 Å². The van der Waals surface area contributed by atoms with Gasteiger partial charge in [0.1, 0.15) is 0 Å². The van der Waals surface area contributed by atoms with Crippen LogP contribution in [0.4, 0.5) is 13.2 Å². The Morgan fingerprint density at radius 3 is 2.50 bits per heavy atom. The number of nitrogens with zero attached hydrogens (tertiary/aromatic N) is 4. The van der Waals surface area contributed by atoms with E-state index in [2.05, 4.69) is 5.10 Å². The van der Waals surface area contributed by atoms with Crippen molar-refractivity contribution in [1.29, 1.82) is 0 Å². The van der Waals surface area contributed by atoms with E-state index in [4.69, 9.17) is 0 Å². The van der Waals surface area contributed by atoms with Crippen LogP contribution in [0.25, 0.3) is 0 Å². The van der Waals surface area contributed by atoms with Crippen LogP contribution < -0.4 is 5.69 Å². The fourth-order valence-corrected chi connectivity index (χ4v) is 3.50. The first-order chi connectivity index (χ1) is 11.3. The summed E-state index contributed by atoms with van der Waals surface area (Å²) in [6.45, 7) is 0.761. The molecule has 0 aliphatic carbocycles. The second kappa shape index (κ2) is 6.08. The lowest BCUT2D eigenvalue weighted by Crippen LogP contribution is -2.41. The monoisotopic (exact) mass is 360 g/mol. The highest BCUT2D eigenvalue weighted by molar-refractivity contribution is 7.12. The van der Waals surface area contributed by atoms with Crippen LogP contribution >= 0.6 is 11.3 Å². The molecule has 0 saturated carbocycles. The Morgan fingerprint density at radius 1 is 1.33 bits per heavy atom. The first kappa shape index (κ1) is 16.7. The summed E-state index contributed by atoms with van der Waals surface area (Å²) in [5, 5.41) is 5.28. The Kier molecular flexibility index (Phi) is 4.24. The number of piperidine rings is 1. The molecule has 1 fully saturated rings. The summed E-state index contributed by atoms with van der Waals surface area (Å²) in [7, 11) is 1.06. The number of likely N-dealkylation sites (tertiary alicyclic amines) is 1. The zero-order valence-electron chi connectivity index (χ0n) is 12.8. The van der Waals surface area contributed by atoms with Gasteiger partial charge < -0.3 is 4.90 Å². The molecule has 0 radical (unpaired) electrons. The Morgan fingerprint density at radius 2 is 2.00 bits per heavy atom. The molecule has 0 N–H and O–H groups in total. The highest BCUT2D eigenvalue weighted by Gasteiger charge is 2.39. The Balaban J connectivity index is 1.74. The van der Waals surface area contributed by atoms with Crippen molar-refractivity contribution in [3.05, 3.63) is 38.7 Å². The maximum atomic E-state index is 12.8. The third kappa shape index (κ3) is 2.97. The lowest BCUT2D eigenvalue weighted by Gasteiger charge is -2.31. The third-order valence-corrected chi connectivity index (χ3v) is 4.94. The van der Waals surface area contributed by atoms with Crippen LogP contribution in [0.2, 0.25) is 0 Å². The number of alkyl halides is 3. The van der Waals surface area contributed by atoms with Crippen molar-refractivity contribution >= 4 is 17.2 Å². The van der Waals surface area contributed by atoms with Gasteiger partial charge in [-0.15, -0.1) is 16.4 Å². The van der Waals surface area contributed by atoms with E-state index < -0.39 is 23.7 Å². The van der Waals surface area contributed by atoms with Crippen LogP contribution in [-0.2, 0) is 13.2 Å². The van der Waals surface area contributed by atoms with Crippen LogP contribution in [0.1, 0.15) is 34.4 Å². The van der Waals surface area contributed by atoms with E-state index in [-0.39, 0.29) is 5.91 Å². The number of aromatic nitrogens is 3. The molecule has 3 heterocycles. The first-order valence-corrected chi connectivity index (χ1v) is 8.22. The van der Waals surface area contributed by atoms with Gasteiger partial charge in [-0.3, -0.25) is 9.36 Å². The summed E-state index contributed by atoms with van der Waals surface area (Å²) in [6, 6.07) is 3.08. The van der Waals surface area contributed by atoms with E-state index in [1.54, 1.807) is 17.0 Å². The Labute approximate surface area is 139 Å². The molecular formula is C14H15F3N4O2S. The number of hydrogen-bond donors (Lipinski definition) is 0. The summed E-state index contributed by atoms with van der Waals surface area (Å²) in [5.74, 6) is -1.29. The lowest BCUT2D eigenvalue weighted by molar-refractivity contribution is -0.147. The smallest absolute Gasteiger partial charge is 0.338 e. The van der Waals surface area contributed by atoms with Gasteiger partial charge in [-0.05, 0) is 24.3 Å². The van der Waals surface area contributed by atoms with Gasteiger partial charge in [0.05, 0.1) is 10.9 Å². The van der Waals surface area contributed by atoms with Crippen molar-refractivity contribution in [1.82, 2.24) is 19.2 Å². The second-order valence-electron chi connectivity index (χ2n) is 5.61. The van der Waals surface area contributed by atoms with Gasteiger partial charge in [0.25, 0.3) is 5.91 Å². The number of hydrogen-bond acceptors (Lipinski definition) is 4. The summed E-state index contributed by atoms with van der Waals surface area (Å²) in [5.41, 5.74) is -0.787. The van der Waals surface area contributed by atoms with Crippen LogP contribution in [0.5, 0.6) is 0 Å². The Bertz CT molecular complexity index is 786. The number of halogens is 3. The van der Waals surface area contributed by atoms with E-state index in [1.165, 1.54) is 11.3 Å². The van der Waals surface area contributed by atoms with Gasteiger partial charge in [0.15, 0.2) is 0 Å². The summed E-state index contributed by atoms with van der Waals surface area (Å²) >= 11 is 1.35. The van der Waals surface area contributed by atoms with Crippen molar-refractivity contribution in [3.8, 4) is 0 Å². The normalized spacial score (nSPS) is 16.6. The fourth-order valence-electron chi connectivity index (χ4n) is 2.81. The van der Waals surface area contributed by atoms with Gasteiger partial charge in [-0.1, -0.05) is 6.07 Å². The summed E-state index contributed by atoms with van der Waals surface area (Å²) in [6.07, 6.45) is -3.88. The number of amides is 1. The summed E-state index contributed by atoms with van der Waals surface area (Å²) < 4.78 is 40.0. The second-order valence-corrected chi connectivity index (χ2v) is 6.56. The summed E-state index contributed by atoms with van der Waals surface area (Å²) in [4.78, 5) is 26.6. The molecule has 24 heavy (non-hydrogen) atoms. The molecule has 3 rings (SSSR count). The first-order valence-electron chi connectivity index (χ1n) is 7.34. The average Bonchev–Trinajstić information content (AvgIpc) is 3.16. The number of rotatable bonds is 2. The molecule has 2 aromatic rings. The van der Waals surface area contributed by atoms with Crippen molar-refractivity contribution in [2.75, 3.05) is 13.1 Å². The fraction of sp³-hybridized carbons (Fsp3) is 0.500. The number of carbonyl (C=O) groups excluding carboxylic acids is 1. The molecule has 0 spiro atoms. The van der Waals surface area contributed by atoms with Crippen LogP contribution in [0.3, 0.4) is 0 Å². The predicted molar refractivity (Wildman–Crippen MR) is 81.0 cm³/mol. The number of thiophene rings is 1. The van der Waals surface area contributed by atoms with Gasteiger partial charge in [-0.2, -0.15) is 13.2 Å². The molecule has 0 unspecified atom stereocenters. The quantitative estimate of drug-likeness (QED) is 0.824. The SMILES string of the molecule is Cn1c(C(F)(F)F)nn(C2CCN(C(=O)c3cccs3)CC2)c1=O. The van der Waals surface area contributed by atoms with E-state index in [0.29, 0.717) is 35.4 Å². The minimum Gasteiger partial charge on any atom is -0.338 e. The largest absolute Gasteiger partial charge is 0.451 e. The molecular weight excluding hydrogens is 345 g/mol. The van der Waals surface area contributed by atoms with Crippen LogP contribution in [-0.4, -0.2) is 38.2 Å². The molecule has 1 aliphatic heterocycles. The van der Waals surface area contributed by atoms with Gasteiger partial charge in [0.2, 0.25) is 5.82 Å². The van der Waals surface area contributed by atoms with Crippen molar-refractivity contribution < 1.29 is 18.0 Å². The third-order valence-electron chi connectivity index (χ3n) is 4.09. The molecule has 0 atom stereocenters. The molecule has 6 nitrogen and oxygen atoms in total. The average molecular weight is 360 g/mol. The highest BCUT2D eigenvalue weighted by Crippen LogP contribution is 2.28. The lowest BCUT2D eigenvalue weighted by atomic mass is 10.1. The zero-order valence-corrected chi connectivity index (χ0v) is 13.6. The Hall–Kier alpha value is -2.10.